The first-order valence-corrected chi connectivity index (χ1v) is 5.37. The maximum Gasteiger partial charge on any atom is 0.218 e. The van der Waals surface area contributed by atoms with Crippen molar-refractivity contribution >= 4 is 0 Å². The van der Waals surface area contributed by atoms with Crippen LogP contribution in [0.4, 0.5) is 0 Å². The van der Waals surface area contributed by atoms with E-state index in [1.54, 1.807) is 0 Å². The molecule has 0 aliphatic carbocycles. The third-order valence-corrected chi connectivity index (χ3v) is 2.53. The highest BCUT2D eigenvalue weighted by Crippen LogP contribution is 2.19. The molecule has 1 heterocycles. The van der Waals surface area contributed by atoms with Gasteiger partial charge in [-0.3, -0.25) is 0 Å². The first-order chi connectivity index (χ1) is 7.04. The smallest absolute Gasteiger partial charge is 0.218 e. The van der Waals surface area contributed by atoms with Crippen LogP contribution in [0.2, 0.25) is 0 Å². The Morgan fingerprint density at radius 3 is 2.53 bits per heavy atom. The van der Waals surface area contributed by atoms with Crippen LogP contribution in [0.15, 0.2) is 12.1 Å². The zero-order valence-electron chi connectivity index (χ0n) is 9.95. The van der Waals surface area contributed by atoms with Crippen molar-refractivity contribution in [2.45, 2.75) is 40.3 Å². The predicted molar refractivity (Wildman–Crippen MR) is 61.8 cm³/mol. The highest BCUT2D eigenvalue weighted by molar-refractivity contribution is 5.27. The molecule has 0 fully saturated rings. The Kier molecular flexibility index (Phi) is 4.09. The number of nitrogens with zero attached hydrogens (tertiary/aromatic N) is 1. The fourth-order valence-electron chi connectivity index (χ4n) is 1.13. The lowest BCUT2D eigenvalue weighted by atomic mass is 10.1. The van der Waals surface area contributed by atoms with Crippen LogP contribution >= 0.6 is 0 Å². The van der Waals surface area contributed by atoms with Crippen molar-refractivity contribution < 1.29 is 4.74 Å². The number of ether oxygens (including phenoxy) is 1. The van der Waals surface area contributed by atoms with E-state index < -0.39 is 0 Å². The van der Waals surface area contributed by atoms with Gasteiger partial charge in [-0.2, -0.15) is 0 Å². The average molecular weight is 208 g/mol. The van der Waals surface area contributed by atoms with E-state index in [-0.39, 0.29) is 6.10 Å². The molecule has 2 N–H and O–H groups in total. The Hall–Kier alpha value is -1.09. The van der Waals surface area contributed by atoms with Gasteiger partial charge in [0.15, 0.2) is 0 Å². The number of aryl methyl sites for hydroxylation is 1. The summed E-state index contributed by atoms with van der Waals surface area (Å²) >= 11 is 0. The molecule has 0 bridgehead atoms. The summed E-state index contributed by atoms with van der Waals surface area (Å²) < 4.78 is 5.79. The van der Waals surface area contributed by atoms with Crippen molar-refractivity contribution in [3.63, 3.8) is 0 Å². The Morgan fingerprint density at radius 1 is 1.33 bits per heavy atom. The number of nitrogens with two attached hydrogens (primary N) is 1. The highest BCUT2D eigenvalue weighted by atomic mass is 16.5. The quantitative estimate of drug-likeness (QED) is 0.825. The number of pyridine rings is 1. The Balaban J connectivity index is 2.87. The number of rotatable bonds is 4. The molecule has 1 atom stereocenters. The lowest BCUT2D eigenvalue weighted by molar-refractivity contribution is 0.161. The van der Waals surface area contributed by atoms with Crippen LogP contribution < -0.4 is 10.5 Å². The second-order valence-electron chi connectivity index (χ2n) is 4.19. The molecular weight excluding hydrogens is 188 g/mol. The molecule has 0 radical (unpaired) electrons. The lowest BCUT2D eigenvalue weighted by Gasteiger charge is -2.19. The monoisotopic (exact) mass is 208 g/mol. The SMILES string of the molecule is Cc1ccc(CN)c(OC(C)C(C)C)n1. The minimum Gasteiger partial charge on any atom is -0.474 e. The standard InChI is InChI=1S/C12H20N2O/c1-8(2)10(4)15-12-11(7-13)6-5-9(3)14-12/h5-6,8,10H,7,13H2,1-4H3. The molecule has 3 nitrogen and oxygen atoms in total. The topological polar surface area (TPSA) is 48.1 Å². The summed E-state index contributed by atoms with van der Waals surface area (Å²) in [6.45, 7) is 8.72. The molecule has 0 saturated heterocycles. The van der Waals surface area contributed by atoms with E-state index in [0.717, 1.165) is 11.3 Å². The van der Waals surface area contributed by atoms with Gasteiger partial charge in [0.1, 0.15) is 0 Å². The zero-order chi connectivity index (χ0) is 11.4. The minimum absolute atomic E-state index is 0.157. The molecule has 0 aromatic carbocycles. The Bertz CT molecular complexity index is 323. The van der Waals surface area contributed by atoms with Crippen LogP contribution in [-0.4, -0.2) is 11.1 Å². The van der Waals surface area contributed by atoms with Gasteiger partial charge in [0, 0.05) is 17.8 Å². The van der Waals surface area contributed by atoms with Gasteiger partial charge in [0.2, 0.25) is 5.88 Å². The molecule has 15 heavy (non-hydrogen) atoms. The summed E-state index contributed by atoms with van der Waals surface area (Å²) in [7, 11) is 0. The van der Waals surface area contributed by atoms with Crippen molar-refractivity contribution in [2.75, 3.05) is 0 Å². The Morgan fingerprint density at radius 2 is 2.00 bits per heavy atom. The molecule has 0 saturated carbocycles. The van der Waals surface area contributed by atoms with E-state index in [1.165, 1.54) is 0 Å². The van der Waals surface area contributed by atoms with E-state index in [2.05, 4.69) is 25.8 Å². The van der Waals surface area contributed by atoms with Gasteiger partial charge in [-0.05, 0) is 25.8 Å². The van der Waals surface area contributed by atoms with Gasteiger partial charge in [-0.1, -0.05) is 19.9 Å². The third-order valence-electron chi connectivity index (χ3n) is 2.53. The normalized spacial score (nSPS) is 12.9. The zero-order valence-corrected chi connectivity index (χ0v) is 9.95. The molecule has 1 unspecified atom stereocenters. The van der Waals surface area contributed by atoms with E-state index in [0.29, 0.717) is 18.3 Å². The molecule has 0 aliphatic rings. The molecule has 0 aliphatic heterocycles. The van der Waals surface area contributed by atoms with Gasteiger partial charge in [-0.15, -0.1) is 0 Å². The summed E-state index contributed by atoms with van der Waals surface area (Å²) in [5.41, 5.74) is 7.55. The van der Waals surface area contributed by atoms with Gasteiger partial charge in [0.25, 0.3) is 0 Å². The molecule has 1 rings (SSSR count). The second-order valence-corrected chi connectivity index (χ2v) is 4.19. The molecule has 0 spiro atoms. The van der Waals surface area contributed by atoms with E-state index in [1.807, 2.05) is 19.1 Å². The number of hydrogen-bond donors (Lipinski definition) is 1. The fraction of sp³-hybridized carbons (Fsp3) is 0.583. The van der Waals surface area contributed by atoms with Crippen molar-refractivity contribution in [2.24, 2.45) is 11.7 Å². The van der Waals surface area contributed by atoms with Crippen molar-refractivity contribution in [3.8, 4) is 5.88 Å². The van der Waals surface area contributed by atoms with E-state index >= 15 is 0 Å². The first kappa shape index (κ1) is 12.0. The lowest BCUT2D eigenvalue weighted by Crippen LogP contribution is -2.20. The summed E-state index contributed by atoms with van der Waals surface area (Å²) in [5.74, 6) is 1.15. The largest absolute Gasteiger partial charge is 0.474 e. The molecule has 84 valence electrons. The first-order valence-electron chi connectivity index (χ1n) is 5.37. The third kappa shape index (κ3) is 3.20. The maximum atomic E-state index is 5.79. The van der Waals surface area contributed by atoms with Crippen LogP contribution in [-0.2, 0) is 6.54 Å². The summed E-state index contributed by atoms with van der Waals surface area (Å²) in [5, 5.41) is 0. The fourth-order valence-corrected chi connectivity index (χ4v) is 1.13. The van der Waals surface area contributed by atoms with Gasteiger partial charge in [-0.25, -0.2) is 4.98 Å². The summed E-state index contributed by atoms with van der Waals surface area (Å²) in [4.78, 5) is 4.36. The van der Waals surface area contributed by atoms with Crippen molar-refractivity contribution in [3.05, 3.63) is 23.4 Å². The van der Waals surface area contributed by atoms with Crippen LogP contribution in [0, 0.1) is 12.8 Å². The van der Waals surface area contributed by atoms with Gasteiger partial charge >= 0.3 is 0 Å². The molecule has 1 aromatic rings. The van der Waals surface area contributed by atoms with Crippen LogP contribution in [0.5, 0.6) is 5.88 Å². The predicted octanol–water partition coefficient (Wildman–Crippen LogP) is 2.27. The number of aromatic nitrogens is 1. The van der Waals surface area contributed by atoms with E-state index in [4.69, 9.17) is 10.5 Å². The molecule has 3 heteroatoms. The summed E-state index contributed by atoms with van der Waals surface area (Å²) in [6.07, 6.45) is 0.157. The molecule has 0 amide bonds. The van der Waals surface area contributed by atoms with Crippen LogP contribution in [0.3, 0.4) is 0 Å². The van der Waals surface area contributed by atoms with Gasteiger partial charge in [0.05, 0.1) is 6.10 Å². The van der Waals surface area contributed by atoms with Crippen LogP contribution in [0.25, 0.3) is 0 Å². The minimum atomic E-state index is 0.157. The number of hydrogen-bond acceptors (Lipinski definition) is 3. The maximum absolute atomic E-state index is 5.79. The Labute approximate surface area is 91.7 Å². The van der Waals surface area contributed by atoms with E-state index in [9.17, 15) is 0 Å². The average Bonchev–Trinajstić information content (AvgIpc) is 2.18. The highest BCUT2D eigenvalue weighted by Gasteiger charge is 2.12. The molecular formula is C12H20N2O. The van der Waals surface area contributed by atoms with Gasteiger partial charge < -0.3 is 10.5 Å². The van der Waals surface area contributed by atoms with Crippen molar-refractivity contribution in [1.82, 2.24) is 4.98 Å². The van der Waals surface area contributed by atoms with Crippen LogP contribution in [0.1, 0.15) is 32.0 Å². The van der Waals surface area contributed by atoms with Crippen molar-refractivity contribution in [1.29, 1.82) is 0 Å². The molecule has 1 aromatic heterocycles. The second kappa shape index (κ2) is 5.12. The summed E-state index contributed by atoms with van der Waals surface area (Å²) in [6, 6.07) is 3.93.